The molecule has 2 N–H and O–H groups in total. The lowest BCUT2D eigenvalue weighted by molar-refractivity contribution is 0.309. The molecule has 0 aromatic heterocycles. The Morgan fingerprint density at radius 1 is 0.812 bits per heavy atom. The first kappa shape index (κ1) is 23.9. The Labute approximate surface area is 196 Å². The van der Waals surface area contributed by atoms with E-state index in [-0.39, 0.29) is 0 Å². The lowest BCUT2D eigenvalue weighted by Gasteiger charge is -2.18. The van der Waals surface area contributed by atoms with Gasteiger partial charge >= 0.3 is 0 Å². The summed E-state index contributed by atoms with van der Waals surface area (Å²) in [7, 11) is 0. The van der Waals surface area contributed by atoms with E-state index in [4.69, 9.17) is 26.8 Å². The zero-order valence-corrected chi connectivity index (χ0v) is 19.7. The van der Waals surface area contributed by atoms with Crippen LogP contribution >= 0.6 is 11.6 Å². The van der Waals surface area contributed by atoms with Crippen molar-refractivity contribution in [2.75, 3.05) is 19.8 Å². The van der Waals surface area contributed by atoms with Crippen molar-refractivity contribution in [1.29, 1.82) is 0 Å². The van der Waals surface area contributed by atoms with E-state index in [1.54, 1.807) is 0 Å². The van der Waals surface area contributed by atoms with Gasteiger partial charge in [-0.3, -0.25) is 0 Å². The number of hydrogen-bond donors (Lipinski definition) is 1. The first-order chi connectivity index (χ1) is 15.7. The van der Waals surface area contributed by atoms with Crippen molar-refractivity contribution in [3.05, 3.63) is 94.5 Å². The molecule has 0 bridgehead atoms. The first-order valence-corrected chi connectivity index (χ1v) is 11.7. The summed E-state index contributed by atoms with van der Waals surface area (Å²) < 4.78 is 11.5. The van der Waals surface area contributed by atoms with Crippen molar-refractivity contribution in [2.45, 2.75) is 33.1 Å². The third kappa shape index (κ3) is 6.15. The summed E-state index contributed by atoms with van der Waals surface area (Å²) in [6.45, 7) is 6.01. The fourth-order valence-corrected chi connectivity index (χ4v) is 3.94. The lowest BCUT2D eigenvalue weighted by Crippen LogP contribution is -2.10. The summed E-state index contributed by atoms with van der Waals surface area (Å²) in [5, 5.41) is 0.680. The Kier molecular flexibility index (Phi) is 9.21. The van der Waals surface area contributed by atoms with Gasteiger partial charge in [0.25, 0.3) is 0 Å². The minimum absolute atomic E-state index is 0.489. The Hall–Kier alpha value is -2.75. The number of nitrogens with two attached hydrogens (primary N) is 1. The molecule has 0 spiro atoms. The molecule has 4 heteroatoms. The van der Waals surface area contributed by atoms with E-state index in [1.807, 2.05) is 30.3 Å². The average Bonchev–Trinajstić information content (AvgIpc) is 2.83. The molecule has 0 radical (unpaired) electrons. The molecule has 0 unspecified atom stereocenters. The molecule has 0 aliphatic heterocycles. The fraction of sp³-hybridized carbons (Fsp3) is 0.286. The number of halogens is 1. The maximum Gasteiger partial charge on any atom is 0.120 e. The zero-order valence-electron chi connectivity index (χ0n) is 18.9. The third-order valence-electron chi connectivity index (χ3n) is 5.28. The van der Waals surface area contributed by atoms with Crippen molar-refractivity contribution in [3.63, 3.8) is 0 Å². The van der Waals surface area contributed by atoms with Gasteiger partial charge in [-0.05, 0) is 65.4 Å². The van der Waals surface area contributed by atoms with E-state index in [1.165, 1.54) is 11.1 Å². The van der Waals surface area contributed by atoms with Crippen LogP contribution in [0.15, 0.2) is 72.8 Å². The second-order valence-electron chi connectivity index (χ2n) is 7.58. The highest BCUT2D eigenvalue weighted by Gasteiger charge is 2.16. The van der Waals surface area contributed by atoms with Crippen molar-refractivity contribution in [2.24, 2.45) is 5.73 Å². The van der Waals surface area contributed by atoms with Gasteiger partial charge in [-0.1, -0.05) is 74.3 Å². The van der Waals surface area contributed by atoms with Crippen LogP contribution in [0.2, 0.25) is 5.02 Å². The minimum Gasteiger partial charge on any atom is -0.494 e. The number of ether oxygens (including phenoxy) is 2. The summed E-state index contributed by atoms with van der Waals surface area (Å²) in [5.74, 6) is 1.61. The van der Waals surface area contributed by atoms with Crippen molar-refractivity contribution in [1.82, 2.24) is 0 Å². The molecule has 0 atom stereocenters. The smallest absolute Gasteiger partial charge is 0.120 e. The molecule has 0 amide bonds. The summed E-state index contributed by atoms with van der Waals surface area (Å²) in [6.07, 6.45) is 2.99. The molecule has 168 valence electrons. The predicted molar refractivity (Wildman–Crippen MR) is 135 cm³/mol. The third-order valence-corrected chi connectivity index (χ3v) is 5.60. The largest absolute Gasteiger partial charge is 0.494 e. The number of rotatable bonds is 11. The summed E-state index contributed by atoms with van der Waals surface area (Å²) >= 11 is 6.82. The molecule has 0 fully saturated rings. The summed E-state index contributed by atoms with van der Waals surface area (Å²) in [5.41, 5.74) is 11.2. The van der Waals surface area contributed by atoms with Crippen molar-refractivity contribution in [3.8, 4) is 11.5 Å². The predicted octanol–water partition coefficient (Wildman–Crippen LogP) is 7.23. The van der Waals surface area contributed by atoms with Gasteiger partial charge in [0.1, 0.15) is 18.1 Å². The van der Waals surface area contributed by atoms with Crippen LogP contribution in [0.4, 0.5) is 0 Å². The maximum absolute atomic E-state index is 6.82. The van der Waals surface area contributed by atoms with Gasteiger partial charge in [-0.15, -0.1) is 0 Å². The monoisotopic (exact) mass is 449 g/mol. The summed E-state index contributed by atoms with van der Waals surface area (Å²) in [4.78, 5) is 0. The number of hydrogen-bond acceptors (Lipinski definition) is 3. The zero-order chi connectivity index (χ0) is 22.8. The molecule has 32 heavy (non-hydrogen) atoms. The van der Waals surface area contributed by atoms with Gasteiger partial charge in [0, 0.05) is 12.1 Å². The molecule has 0 saturated carbocycles. The van der Waals surface area contributed by atoms with Gasteiger partial charge in [-0.2, -0.15) is 0 Å². The van der Waals surface area contributed by atoms with Gasteiger partial charge in [-0.25, -0.2) is 0 Å². The van der Waals surface area contributed by atoms with Gasteiger partial charge in [0.15, 0.2) is 0 Å². The van der Waals surface area contributed by atoms with E-state index < -0.39 is 0 Å². The maximum atomic E-state index is 6.82. The average molecular weight is 450 g/mol. The Balaban J connectivity index is 2.08. The second kappa shape index (κ2) is 12.3. The molecule has 0 aliphatic carbocycles. The van der Waals surface area contributed by atoms with Crippen molar-refractivity contribution >= 4 is 22.7 Å². The summed E-state index contributed by atoms with van der Waals surface area (Å²) in [6, 6.07) is 24.6. The first-order valence-electron chi connectivity index (χ1n) is 11.3. The van der Waals surface area contributed by atoms with Crippen LogP contribution in [0.5, 0.6) is 11.5 Å². The van der Waals surface area contributed by atoms with E-state index in [0.717, 1.165) is 47.5 Å². The number of benzene rings is 3. The van der Waals surface area contributed by atoms with Crippen LogP contribution in [0, 0.1) is 0 Å². The van der Waals surface area contributed by atoms with Crippen LogP contribution in [0.3, 0.4) is 0 Å². The van der Waals surface area contributed by atoms with E-state index in [2.05, 4.69) is 56.3 Å². The molecule has 0 saturated heterocycles. The highest BCUT2D eigenvalue weighted by atomic mass is 35.5. The van der Waals surface area contributed by atoms with Crippen molar-refractivity contribution < 1.29 is 9.47 Å². The number of allylic oxidation sites excluding steroid dienone is 1. The topological polar surface area (TPSA) is 44.5 Å². The van der Waals surface area contributed by atoms with Crippen LogP contribution < -0.4 is 15.2 Å². The molecule has 0 aliphatic rings. The van der Waals surface area contributed by atoms with E-state index in [0.29, 0.717) is 24.8 Å². The highest BCUT2D eigenvalue weighted by Crippen LogP contribution is 2.39. The normalized spacial score (nSPS) is 11.8. The van der Waals surface area contributed by atoms with Crippen LogP contribution in [-0.2, 0) is 0 Å². The van der Waals surface area contributed by atoms with E-state index >= 15 is 0 Å². The minimum atomic E-state index is 0.489. The molecular formula is C28H32ClNO2. The SMILES string of the molecule is CCCCOc1ccc(/C(=C(\CC)c2ccccc2)c2ccc(OCCN)cc2)c(Cl)c1. The molecule has 0 heterocycles. The number of unbranched alkanes of at least 4 members (excludes halogenated alkanes) is 1. The Bertz CT molecular complexity index is 1010. The standard InChI is InChI=1S/C28H32ClNO2/c1-3-5-18-31-24-15-16-26(27(29)20-24)28(25(4-2)21-9-7-6-8-10-21)22-11-13-23(14-12-22)32-19-17-30/h6-16,20H,3-5,17-19,30H2,1-2H3/b28-25+. The fourth-order valence-electron chi connectivity index (χ4n) is 3.67. The quantitative estimate of drug-likeness (QED) is 0.248. The van der Waals surface area contributed by atoms with E-state index in [9.17, 15) is 0 Å². The molecule has 3 rings (SSSR count). The van der Waals surface area contributed by atoms with Crippen LogP contribution in [0.25, 0.3) is 11.1 Å². The highest BCUT2D eigenvalue weighted by molar-refractivity contribution is 6.33. The van der Waals surface area contributed by atoms with Gasteiger partial charge in [0.2, 0.25) is 0 Å². The molecular weight excluding hydrogens is 418 g/mol. The second-order valence-corrected chi connectivity index (χ2v) is 7.99. The molecule has 3 aromatic carbocycles. The van der Waals surface area contributed by atoms with Crippen LogP contribution in [-0.4, -0.2) is 19.8 Å². The van der Waals surface area contributed by atoms with Gasteiger partial charge < -0.3 is 15.2 Å². The van der Waals surface area contributed by atoms with Crippen LogP contribution in [0.1, 0.15) is 49.8 Å². The molecule has 3 aromatic rings. The van der Waals surface area contributed by atoms with Gasteiger partial charge in [0.05, 0.1) is 11.6 Å². The Morgan fingerprint density at radius 3 is 2.12 bits per heavy atom. The Morgan fingerprint density at radius 2 is 1.50 bits per heavy atom. The lowest BCUT2D eigenvalue weighted by atomic mass is 9.88. The molecule has 3 nitrogen and oxygen atoms in total.